The molecule has 1 aliphatic rings. The zero-order valence-corrected chi connectivity index (χ0v) is 20.9. The molecular formula is C29H29N5O2. The van der Waals surface area contributed by atoms with Crippen LogP contribution in [0.25, 0.3) is 0 Å². The van der Waals surface area contributed by atoms with Gasteiger partial charge in [0.05, 0.1) is 5.57 Å². The molecule has 0 radical (unpaired) electrons. The molecule has 2 N–H and O–H groups in total. The molecule has 7 nitrogen and oxygen atoms in total. The first-order chi connectivity index (χ1) is 17.4. The Balaban J connectivity index is 1.41. The lowest BCUT2D eigenvalue weighted by Gasteiger charge is -2.29. The minimum Gasteiger partial charge on any atom is -0.489 e. The van der Waals surface area contributed by atoms with Crippen LogP contribution in [0.1, 0.15) is 40.8 Å². The zero-order valence-electron chi connectivity index (χ0n) is 20.9. The zero-order chi connectivity index (χ0) is 25.2. The monoisotopic (exact) mass is 479 g/mol. The summed E-state index contributed by atoms with van der Waals surface area (Å²) in [5.74, 6) is 1.17. The lowest BCUT2D eigenvalue weighted by atomic mass is 9.94. The Hall–Kier alpha value is -4.39. The molecule has 0 saturated carbocycles. The third-order valence-corrected chi connectivity index (χ3v) is 6.39. The van der Waals surface area contributed by atoms with Gasteiger partial charge in [-0.05, 0) is 62.6 Å². The second-order valence-corrected chi connectivity index (χ2v) is 9.21. The number of allylic oxidation sites excluding steroid dienone is 1. The molecule has 7 heteroatoms. The maximum absolute atomic E-state index is 13.6. The number of rotatable bonds is 6. The smallest absolute Gasteiger partial charge is 0.255 e. The molecule has 5 rings (SSSR count). The first-order valence-corrected chi connectivity index (χ1v) is 11.9. The van der Waals surface area contributed by atoms with Gasteiger partial charge >= 0.3 is 0 Å². The second-order valence-electron chi connectivity index (χ2n) is 9.21. The van der Waals surface area contributed by atoms with Crippen LogP contribution in [0.5, 0.6) is 5.75 Å². The number of benzene rings is 3. The third-order valence-electron chi connectivity index (χ3n) is 6.39. The van der Waals surface area contributed by atoms with Crippen LogP contribution in [-0.2, 0) is 11.4 Å². The van der Waals surface area contributed by atoms with Crippen molar-refractivity contribution in [2.45, 2.75) is 40.3 Å². The van der Waals surface area contributed by atoms with Crippen LogP contribution in [-0.4, -0.2) is 20.7 Å². The number of carbonyl (C=O) groups is 1. The molecule has 4 aromatic rings. The van der Waals surface area contributed by atoms with Crippen LogP contribution in [0.15, 0.2) is 84.3 Å². The second kappa shape index (κ2) is 9.70. The minimum absolute atomic E-state index is 0.183. The van der Waals surface area contributed by atoms with E-state index in [1.54, 1.807) is 4.68 Å². The fourth-order valence-electron chi connectivity index (χ4n) is 4.43. The number of ether oxygens (including phenoxy) is 1. The third kappa shape index (κ3) is 4.73. The van der Waals surface area contributed by atoms with E-state index in [0.717, 1.165) is 39.4 Å². The number of nitrogens with one attached hydrogen (secondary N) is 2. The quantitative estimate of drug-likeness (QED) is 0.370. The number of nitrogens with zero attached hydrogens (tertiary/aromatic N) is 3. The average Bonchev–Trinajstić information content (AvgIpc) is 3.33. The summed E-state index contributed by atoms with van der Waals surface area (Å²) in [6, 6.07) is 21.6. The van der Waals surface area contributed by atoms with E-state index in [-0.39, 0.29) is 5.91 Å². The first kappa shape index (κ1) is 23.4. The van der Waals surface area contributed by atoms with Crippen molar-refractivity contribution < 1.29 is 9.53 Å². The highest BCUT2D eigenvalue weighted by molar-refractivity contribution is 6.06. The van der Waals surface area contributed by atoms with Crippen molar-refractivity contribution in [3.63, 3.8) is 0 Å². The number of hydrogen-bond donors (Lipinski definition) is 2. The Morgan fingerprint density at radius 2 is 1.69 bits per heavy atom. The Morgan fingerprint density at radius 1 is 0.972 bits per heavy atom. The van der Waals surface area contributed by atoms with Gasteiger partial charge in [-0.3, -0.25) is 4.79 Å². The first-order valence-electron chi connectivity index (χ1n) is 11.9. The minimum atomic E-state index is -0.430. The summed E-state index contributed by atoms with van der Waals surface area (Å²) >= 11 is 0. The van der Waals surface area contributed by atoms with Crippen molar-refractivity contribution in [1.29, 1.82) is 0 Å². The molecule has 0 saturated heterocycles. The highest BCUT2D eigenvalue weighted by Crippen LogP contribution is 2.36. The summed E-state index contributed by atoms with van der Waals surface area (Å²) in [6.07, 6.45) is 1.49. The molecule has 0 aliphatic carbocycles. The molecule has 1 atom stereocenters. The topological polar surface area (TPSA) is 81.1 Å². The molecular weight excluding hydrogens is 450 g/mol. The Morgan fingerprint density at radius 3 is 2.42 bits per heavy atom. The van der Waals surface area contributed by atoms with Gasteiger partial charge in [-0.15, -0.1) is 0 Å². The summed E-state index contributed by atoms with van der Waals surface area (Å²) in [4.78, 5) is 17.9. The molecule has 36 heavy (non-hydrogen) atoms. The fraction of sp³-hybridized carbons (Fsp3) is 0.207. The van der Waals surface area contributed by atoms with Gasteiger partial charge in [0.15, 0.2) is 0 Å². The van der Waals surface area contributed by atoms with E-state index in [0.29, 0.717) is 18.1 Å². The molecule has 3 aromatic carbocycles. The number of aromatic nitrogens is 3. The van der Waals surface area contributed by atoms with E-state index in [9.17, 15) is 4.79 Å². The van der Waals surface area contributed by atoms with Crippen LogP contribution in [0, 0.1) is 20.8 Å². The van der Waals surface area contributed by atoms with Crippen LogP contribution in [0.3, 0.4) is 0 Å². The van der Waals surface area contributed by atoms with Gasteiger partial charge in [0, 0.05) is 11.4 Å². The van der Waals surface area contributed by atoms with E-state index in [4.69, 9.17) is 4.74 Å². The van der Waals surface area contributed by atoms with Gasteiger partial charge in [0.1, 0.15) is 24.7 Å². The van der Waals surface area contributed by atoms with Crippen molar-refractivity contribution in [1.82, 2.24) is 14.8 Å². The van der Waals surface area contributed by atoms with Gasteiger partial charge in [0.25, 0.3) is 5.91 Å². The Kier molecular flexibility index (Phi) is 6.29. The van der Waals surface area contributed by atoms with E-state index in [2.05, 4.69) is 58.0 Å². The fourth-order valence-corrected chi connectivity index (χ4v) is 4.43. The van der Waals surface area contributed by atoms with Crippen LogP contribution in [0.2, 0.25) is 0 Å². The SMILES string of the molecule is CC1=C(C(=O)Nc2ccc(C)cc2C)C(c2ccc(OCc3ccc(C)cc3)cc2)n2ncnc2N1. The van der Waals surface area contributed by atoms with Gasteiger partial charge in [-0.25, -0.2) is 4.68 Å². The van der Waals surface area contributed by atoms with Crippen molar-refractivity contribution in [3.05, 3.63) is 112 Å². The Bertz CT molecular complexity index is 1440. The largest absolute Gasteiger partial charge is 0.489 e. The van der Waals surface area contributed by atoms with Gasteiger partial charge in [-0.2, -0.15) is 10.1 Å². The van der Waals surface area contributed by atoms with Crippen LogP contribution in [0.4, 0.5) is 11.6 Å². The van der Waals surface area contributed by atoms with Gasteiger partial charge in [0.2, 0.25) is 5.95 Å². The highest BCUT2D eigenvalue weighted by Gasteiger charge is 2.33. The lowest BCUT2D eigenvalue weighted by Crippen LogP contribution is -2.31. The number of fused-ring (bicyclic) bond motifs is 1. The molecule has 1 unspecified atom stereocenters. The van der Waals surface area contributed by atoms with Crippen molar-refractivity contribution in [3.8, 4) is 5.75 Å². The molecule has 0 spiro atoms. The predicted octanol–water partition coefficient (Wildman–Crippen LogP) is 5.71. The number of carbonyl (C=O) groups excluding carboxylic acids is 1. The van der Waals surface area contributed by atoms with Crippen LogP contribution < -0.4 is 15.4 Å². The molecule has 1 aromatic heterocycles. The summed E-state index contributed by atoms with van der Waals surface area (Å²) < 4.78 is 7.73. The van der Waals surface area contributed by atoms with Crippen LogP contribution >= 0.6 is 0 Å². The summed E-state index contributed by atoms with van der Waals surface area (Å²) in [6.45, 7) is 8.47. The van der Waals surface area contributed by atoms with Crippen molar-refractivity contribution >= 4 is 17.5 Å². The maximum Gasteiger partial charge on any atom is 0.255 e. The van der Waals surface area contributed by atoms with Gasteiger partial charge in [-0.1, -0.05) is 59.7 Å². The highest BCUT2D eigenvalue weighted by atomic mass is 16.5. The normalized spacial score (nSPS) is 14.7. The standard InChI is InChI=1S/C29H29N5O2/c1-18-5-8-22(9-6-18)16-36-24-12-10-23(11-13-24)27-26(21(4)32-29-30-17-31-34(27)29)28(35)33-25-14-7-19(2)15-20(25)3/h5-15,17,27H,16H2,1-4H3,(H,33,35)(H,30,31,32). The number of anilines is 2. The average molecular weight is 480 g/mol. The predicted molar refractivity (Wildman–Crippen MR) is 141 cm³/mol. The van der Waals surface area contributed by atoms with Crippen molar-refractivity contribution in [2.75, 3.05) is 10.6 Å². The number of amides is 1. The molecule has 1 aliphatic heterocycles. The van der Waals surface area contributed by atoms with E-state index in [1.165, 1.54) is 11.9 Å². The number of aryl methyl sites for hydroxylation is 3. The molecule has 0 bridgehead atoms. The summed E-state index contributed by atoms with van der Waals surface area (Å²) in [5, 5.41) is 10.7. The number of hydrogen-bond acceptors (Lipinski definition) is 5. The summed E-state index contributed by atoms with van der Waals surface area (Å²) in [5.41, 5.74) is 7.51. The van der Waals surface area contributed by atoms with E-state index < -0.39 is 6.04 Å². The molecule has 182 valence electrons. The van der Waals surface area contributed by atoms with E-state index in [1.807, 2.05) is 57.2 Å². The molecule has 1 amide bonds. The maximum atomic E-state index is 13.6. The Labute approximate surface area is 210 Å². The van der Waals surface area contributed by atoms with E-state index >= 15 is 0 Å². The molecule has 0 fully saturated rings. The van der Waals surface area contributed by atoms with Gasteiger partial charge < -0.3 is 15.4 Å². The lowest BCUT2D eigenvalue weighted by molar-refractivity contribution is -0.113. The molecule has 2 heterocycles. The summed E-state index contributed by atoms with van der Waals surface area (Å²) in [7, 11) is 0. The van der Waals surface area contributed by atoms with Crippen molar-refractivity contribution in [2.24, 2.45) is 0 Å².